The van der Waals surface area contributed by atoms with Gasteiger partial charge in [0.05, 0.1) is 12.7 Å². The topological polar surface area (TPSA) is 38.3 Å². The summed E-state index contributed by atoms with van der Waals surface area (Å²) in [4.78, 5) is 11.7. The summed E-state index contributed by atoms with van der Waals surface area (Å²) < 4.78 is 4.82. The number of benzene rings is 1. The fraction of sp³-hybridized carbons (Fsp3) is 0.650. The molecule has 1 N–H and O–H groups in total. The van der Waals surface area contributed by atoms with E-state index in [9.17, 15) is 4.79 Å². The van der Waals surface area contributed by atoms with Crippen LogP contribution in [0.15, 0.2) is 24.3 Å². The predicted molar refractivity (Wildman–Crippen MR) is 98.0 cm³/mol. The molecule has 1 aromatic carbocycles. The van der Waals surface area contributed by atoms with Gasteiger partial charge in [-0.25, -0.2) is 4.79 Å². The smallest absolute Gasteiger partial charge is 0.339 e. The maximum atomic E-state index is 11.7. The third-order valence-electron chi connectivity index (χ3n) is 4.27. The molecule has 0 unspecified atom stereocenters. The number of carbonyl (C=O) groups excluding carboxylic acids is 1. The minimum Gasteiger partial charge on any atom is -0.465 e. The summed E-state index contributed by atoms with van der Waals surface area (Å²) in [6, 6.07) is 7.54. The summed E-state index contributed by atoms with van der Waals surface area (Å²) in [7, 11) is 1.42. The molecular formula is C20H33NO2. The van der Waals surface area contributed by atoms with Crippen molar-refractivity contribution in [3.05, 3.63) is 29.8 Å². The van der Waals surface area contributed by atoms with Crippen molar-refractivity contribution < 1.29 is 9.53 Å². The SMILES string of the molecule is CCCCCCCCC[C@@H](C)CNc1ccccc1C(=O)OC. The molecule has 1 rings (SSSR count). The number of para-hydroxylation sites is 1. The first-order valence-corrected chi connectivity index (χ1v) is 9.10. The highest BCUT2D eigenvalue weighted by atomic mass is 16.5. The Balaban J connectivity index is 2.23. The van der Waals surface area contributed by atoms with Crippen LogP contribution in [-0.4, -0.2) is 19.6 Å². The van der Waals surface area contributed by atoms with Gasteiger partial charge in [-0.2, -0.15) is 0 Å². The fourth-order valence-electron chi connectivity index (χ4n) is 2.76. The number of unbranched alkanes of at least 4 members (excludes halogenated alkanes) is 6. The average Bonchev–Trinajstić information content (AvgIpc) is 2.58. The van der Waals surface area contributed by atoms with Crippen molar-refractivity contribution in [2.45, 2.75) is 65.2 Å². The minimum atomic E-state index is -0.284. The Hall–Kier alpha value is -1.51. The molecule has 3 heteroatoms. The maximum Gasteiger partial charge on any atom is 0.339 e. The van der Waals surface area contributed by atoms with Gasteiger partial charge in [0.25, 0.3) is 0 Å². The van der Waals surface area contributed by atoms with Gasteiger partial charge in [-0.3, -0.25) is 0 Å². The second-order valence-electron chi connectivity index (χ2n) is 6.43. The van der Waals surface area contributed by atoms with Crippen molar-refractivity contribution in [3.63, 3.8) is 0 Å². The van der Waals surface area contributed by atoms with Crippen molar-refractivity contribution >= 4 is 11.7 Å². The number of hydrogen-bond donors (Lipinski definition) is 1. The monoisotopic (exact) mass is 319 g/mol. The molecule has 0 saturated carbocycles. The Morgan fingerprint density at radius 2 is 1.74 bits per heavy atom. The zero-order valence-electron chi connectivity index (χ0n) is 15.1. The first kappa shape index (κ1) is 19.5. The van der Waals surface area contributed by atoms with Gasteiger partial charge in [0.15, 0.2) is 0 Å². The summed E-state index contributed by atoms with van der Waals surface area (Å²) in [5.41, 5.74) is 1.48. The van der Waals surface area contributed by atoms with Crippen molar-refractivity contribution in [1.29, 1.82) is 0 Å². The van der Waals surface area contributed by atoms with E-state index >= 15 is 0 Å². The molecule has 0 fully saturated rings. The van der Waals surface area contributed by atoms with Crippen molar-refractivity contribution in [1.82, 2.24) is 0 Å². The first-order chi connectivity index (χ1) is 11.2. The van der Waals surface area contributed by atoms with Gasteiger partial charge >= 0.3 is 5.97 Å². The van der Waals surface area contributed by atoms with Crippen LogP contribution in [0.1, 0.15) is 75.6 Å². The molecule has 1 aromatic rings. The van der Waals surface area contributed by atoms with Gasteiger partial charge in [-0.05, 0) is 24.5 Å². The van der Waals surface area contributed by atoms with Gasteiger partial charge in [-0.1, -0.05) is 70.9 Å². The molecule has 0 radical (unpaired) electrons. The quantitative estimate of drug-likeness (QED) is 0.399. The zero-order valence-corrected chi connectivity index (χ0v) is 15.1. The van der Waals surface area contributed by atoms with Crippen LogP contribution in [0.4, 0.5) is 5.69 Å². The van der Waals surface area contributed by atoms with E-state index in [-0.39, 0.29) is 5.97 Å². The first-order valence-electron chi connectivity index (χ1n) is 9.10. The number of hydrogen-bond acceptors (Lipinski definition) is 3. The van der Waals surface area contributed by atoms with Crippen LogP contribution >= 0.6 is 0 Å². The lowest BCUT2D eigenvalue weighted by Gasteiger charge is -2.15. The Bertz CT molecular complexity index is 445. The van der Waals surface area contributed by atoms with E-state index in [1.165, 1.54) is 58.5 Å². The third-order valence-corrected chi connectivity index (χ3v) is 4.27. The molecular weight excluding hydrogens is 286 g/mol. The van der Waals surface area contributed by atoms with E-state index in [0.29, 0.717) is 11.5 Å². The minimum absolute atomic E-state index is 0.284. The van der Waals surface area contributed by atoms with Gasteiger partial charge in [0.1, 0.15) is 0 Å². The number of methoxy groups -OCH3 is 1. The van der Waals surface area contributed by atoms with E-state index in [0.717, 1.165) is 12.2 Å². The lowest BCUT2D eigenvalue weighted by atomic mass is 10.0. The van der Waals surface area contributed by atoms with Gasteiger partial charge < -0.3 is 10.1 Å². The molecule has 0 bridgehead atoms. The lowest BCUT2D eigenvalue weighted by Crippen LogP contribution is -2.14. The van der Waals surface area contributed by atoms with Crippen molar-refractivity contribution in [3.8, 4) is 0 Å². The number of carbonyl (C=O) groups is 1. The van der Waals surface area contributed by atoms with Crippen LogP contribution in [0.5, 0.6) is 0 Å². The molecule has 0 heterocycles. The van der Waals surface area contributed by atoms with Crippen LogP contribution < -0.4 is 5.32 Å². The second-order valence-corrected chi connectivity index (χ2v) is 6.43. The van der Waals surface area contributed by atoms with Crippen LogP contribution in [0.25, 0.3) is 0 Å². The summed E-state index contributed by atoms with van der Waals surface area (Å²) >= 11 is 0. The summed E-state index contributed by atoms with van der Waals surface area (Å²) in [5.74, 6) is 0.323. The van der Waals surface area contributed by atoms with Crippen molar-refractivity contribution in [2.24, 2.45) is 5.92 Å². The number of esters is 1. The molecule has 23 heavy (non-hydrogen) atoms. The third kappa shape index (κ3) is 8.06. The second kappa shape index (κ2) is 12.0. The van der Waals surface area contributed by atoms with Crippen LogP contribution in [0, 0.1) is 5.92 Å². The van der Waals surface area contributed by atoms with Gasteiger partial charge in [0.2, 0.25) is 0 Å². The van der Waals surface area contributed by atoms with E-state index in [1.807, 2.05) is 18.2 Å². The molecule has 0 aliphatic rings. The van der Waals surface area contributed by atoms with Gasteiger partial charge in [0, 0.05) is 12.2 Å². The molecule has 0 aromatic heterocycles. The molecule has 0 saturated heterocycles. The number of nitrogens with one attached hydrogen (secondary N) is 1. The molecule has 0 spiro atoms. The van der Waals surface area contributed by atoms with E-state index in [2.05, 4.69) is 19.2 Å². The van der Waals surface area contributed by atoms with Crippen molar-refractivity contribution in [2.75, 3.05) is 19.0 Å². The molecule has 0 aliphatic carbocycles. The highest BCUT2D eigenvalue weighted by Crippen LogP contribution is 2.18. The number of rotatable bonds is 12. The standard InChI is InChI=1S/C20H33NO2/c1-4-5-6-7-8-9-10-13-17(2)16-21-19-15-12-11-14-18(19)20(22)23-3/h11-12,14-15,17,21H,4-10,13,16H2,1-3H3/t17-/m1/s1. The van der Waals surface area contributed by atoms with E-state index < -0.39 is 0 Å². The molecule has 3 nitrogen and oxygen atoms in total. The van der Waals surface area contributed by atoms with E-state index in [1.54, 1.807) is 6.07 Å². The average molecular weight is 319 g/mol. The number of ether oxygens (including phenoxy) is 1. The molecule has 1 atom stereocenters. The summed E-state index contributed by atoms with van der Waals surface area (Å²) in [6.07, 6.45) is 10.7. The van der Waals surface area contributed by atoms with Crippen LogP contribution in [-0.2, 0) is 4.74 Å². The van der Waals surface area contributed by atoms with Crippen LogP contribution in [0.3, 0.4) is 0 Å². The number of anilines is 1. The fourth-order valence-corrected chi connectivity index (χ4v) is 2.76. The van der Waals surface area contributed by atoms with Crippen LogP contribution in [0.2, 0.25) is 0 Å². The Labute approximate surface area is 141 Å². The Kier molecular flexibility index (Phi) is 10.2. The maximum absolute atomic E-state index is 11.7. The van der Waals surface area contributed by atoms with Gasteiger partial charge in [-0.15, -0.1) is 0 Å². The summed E-state index contributed by atoms with van der Waals surface area (Å²) in [5, 5.41) is 3.40. The molecule has 0 amide bonds. The lowest BCUT2D eigenvalue weighted by molar-refractivity contribution is 0.0602. The predicted octanol–water partition coefficient (Wildman–Crippen LogP) is 5.66. The Morgan fingerprint density at radius 3 is 2.43 bits per heavy atom. The summed E-state index contributed by atoms with van der Waals surface area (Å²) in [6.45, 7) is 5.42. The highest BCUT2D eigenvalue weighted by molar-refractivity contribution is 5.95. The normalized spacial score (nSPS) is 12.0. The van der Waals surface area contributed by atoms with E-state index in [4.69, 9.17) is 4.74 Å². The largest absolute Gasteiger partial charge is 0.465 e. The Morgan fingerprint density at radius 1 is 1.09 bits per heavy atom. The zero-order chi connectivity index (χ0) is 16.9. The molecule has 130 valence electrons. The molecule has 0 aliphatic heterocycles. The highest BCUT2D eigenvalue weighted by Gasteiger charge is 2.11.